The molecule has 1 aliphatic carbocycles. The van der Waals surface area contributed by atoms with E-state index in [1.54, 1.807) is 36.2 Å². The van der Waals surface area contributed by atoms with Crippen LogP contribution < -0.4 is 0 Å². The monoisotopic (exact) mass is 357 g/mol. The highest BCUT2D eigenvalue weighted by atomic mass is 16.5. The van der Waals surface area contributed by atoms with Crippen LogP contribution in [0.3, 0.4) is 0 Å². The molecule has 26 heavy (non-hydrogen) atoms. The maximum atomic E-state index is 12.3. The lowest BCUT2D eigenvalue weighted by Crippen LogP contribution is -2.26. The molecule has 0 atom stereocenters. The van der Waals surface area contributed by atoms with Crippen molar-refractivity contribution in [3.8, 4) is 0 Å². The van der Waals surface area contributed by atoms with Crippen LogP contribution in [0.5, 0.6) is 0 Å². The van der Waals surface area contributed by atoms with Crippen LogP contribution in [0.4, 0.5) is 0 Å². The second kappa shape index (κ2) is 8.12. The molecule has 0 aliphatic heterocycles. The zero-order valence-corrected chi connectivity index (χ0v) is 14.9. The van der Waals surface area contributed by atoms with Crippen molar-refractivity contribution >= 4 is 11.9 Å². The van der Waals surface area contributed by atoms with Crippen LogP contribution in [0, 0.1) is 0 Å². The summed E-state index contributed by atoms with van der Waals surface area (Å²) in [5.41, 5.74) is 1.12. The first-order valence-electron chi connectivity index (χ1n) is 8.91. The molecule has 0 spiro atoms. The summed E-state index contributed by atoms with van der Waals surface area (Å²) >= 11 is 0. The molecule has 1 fully saturated rings. The third-order valence-corrected chi connectivity index (χ3v) is 4.80. The van der Waals surface area contributed by atoms with Gasteiger partial charge in [0.2, 0.25) is 11.8 Å². The maximum absolute atomic E-state index is 12.3. The van der Waals surface area contributed by atoms with Crippen molar-refractivity contribution < 1.29 is 19.2 Å². The van der Waals surface area contributed by atoms with Crippen molar-refractivity contribution in [2.24, 2.45) is 0 Å². The number of carbonyl (C=O) groups excluding carboxylic acids is 1. The molecule has 0 unspecified atom stereocenters. The van der Waals surface area contributed by atoms with Crippen LogP contribution >= 0.6 is 0 Å². The lowest BCUT2D eigenvalue weighted by molar-refractivity contribution is -0.130. The van der Waals surface area contributed by atoms with Crippen LogP contribution in [0.15, 0.2) is 28.8 Å². The Morgan fingerprint density at radius 2 is 1.92 bits per heavy atom. The highest BCUT2D eigenvalue weighted by Crippen LogP contribution is 2.32. The van der Waals surface area contributed by atoms with Gasteiger partial charge < -0.3 is 14.5 Å². The van der Waals surface area contributed by atoms with E-state index in [2.05, 4.69) is 10.1 Å². The summed E-state index contributed by atoms with van der Waals surface area (Å²) in [5, 5.41) is 13.0. The number of benzene rings is 1. The number of carboxylic acids is 1. The van der Waals surface area contributed by atoms with E-state index in [0.29, 0.717) is 31.2 Å². The van der Waals surface area contributed by atoms with Crippen LogP contribution in [0.2, 0.25) is 0 Å². The van der Waals surface area contributed by atoms with E-state index < -0.39 is 5.97 Å². The van der Waals surface area contributed by atoms with Gasteiger partial charge in [-0.15, -0.1) is 0 Å². The van der Waals surface area contributed by atoms with Gasteiger partial charge in [-0.05, 0) is 30.5 Å². The second-order valence-electron chi connectivity index (χ2n) is 6.78. The molecule has 1 heterocycles. The minimum Gasteiger partial charge on any atom is -0.478 e. The van der Waals surface area contributed by atoms with Crippen molar-refractivity contribution in [1.82, 2.24) is 15.0 Å². The Labute approximate surface area is 152 Å². The zero-order chi connectivity index (χ0) is 18.5. The summed E-state index contributed by atoms with van der Waals surface area (Å²) in [6.45, 7) is 0.426. The summed E-state index contributed by atoms with van der Waals surface area (Å²) in [4.78, 5) is 29.2. The van der Waals surface area contributed by atoms with Crippen LogP contribution in [0.1, 0.15) is 65.7 Å². The molecular formula is C19H23N3O4. The number of carbonyl (C=O) groups is 2. The van der Waals surface area contributed by atoms with Gasteiger partial charge in [0.25, 0.3) is 0 Å². The molecule has 1 saturated carbocycles. The van der Waals surface area contributed by atoms with Crippen LogP contribution in [0.25, 0.3) is 0 Å². The minimum atomic E-state index is -0.961. The molecule has 7 heteroatoms. The van der Waals surface area contributed by atoms with Crippen molar-refractivity contribution in [3.63, 3.8) is 0 Å². The van der Waals surface area contributed by atoms with Crippen molar-refractivity contribution in [2.45, 2.75) is 51.0 Å². The van der Waals surface area contributed by atoms with Crippen molar-refractivity contribution in [1.29, 1.82) is 0 Å². The first kappa shape index (κ1) is 18.1. The molecule has 1 N–H and O–H groups in total. The Morgan fingerprint density at radius 3 is 2.58 bits per heavy atom. The lowest BCUT2D eigenvalue weighted by Gasteiger charge is -2.17. The smallest absolute Gasteiger partial charge is 0.335 e. The standard InChI is InChI=1S/C19H23N3O4/c1-22(12-13-6-8-15(9-7-13)19(24)25)17(23)11-10-16-20-18(21-26-16)14-4-2-3-5-14/h6-9,14H,2-5,10-12H2,1H3,(H,24,25). The average Bonchev–Trinajstić information content (AvgIpc) is 3.31. The predicted molar refractivity (Wildman–Crippen MR) is 93.7 cm³/mol. The van der Waals surface area contributed by atoms with E-state index in [1.807, 2.05) is 0 Å². The molecule has 1 aliphatic rings. The SMILES string of the molecule is CN(Cc1ccc(C(=O)O)cc1)C(=O)CCc1nc(C2CCCC2)no1. The topological polar surface area (TPSA) is 96.5 Å². The molecule has 1 amide bonds. The number of nitrogens with zero attached hydrogens (tertiary/aromatic N) is 3. The molecule has 0 radical (unpaired) electrons. The van der Waals surface area contributed by atoms with E-state index in [9.17, 15) is 9.59 Å². The molecule has 0 bridgehead atoms. The fraction of sp³-hybridized carbons (Fsp3) is 0.474. The number of amides is 1. The number of hydrogen-bond acceptors (Lipinski definition) is 5. The number of rotatable bonds is 7. The Kier molecular flexibility index (Phi) is 5.65. The highest BCUT2D eigenvalue weighted by Gasteiger charge is 2.22. The van der Waals surface area contributed by atoms with E-state index in [0.717, 1.165) is 24.2 Å². The van der Waals surface area contributed by atoms with Gasteiger partial charge in [-0.2, -0.15) is 4.98 Å². The Bertz CT molecular complexity index is 763. The maximum Gasteiger partial charge on any atom is 0.335 e. The zero-order valence-electron chi connectivity index (χ0n) is 14.9. The Balaban J connectivity index is 1.48. The number of aryl methyl sites for hydroxylation is 1. The summed E-state index contributed by atoms with van der Waals surface area (Å²) in [7, 11) is 1.73. The average molecular weight is 357 g/mol. The summed E-state index contributed by atoms with van der Waals surface area (Å²) in [6, 6.07) is 6.52. The molecule has 1 aromatic carbocycles. The molecule has 1 aromatic heterocycles. The van der Waals surface area contributed by atoms with E-state index in [4.69, 9.17) is 9.63 Å². The third-order valence-electron chi connectivity index (χ3n) is 4.80. The quantitative estimate of drug-likeness (QED) is 0.818. The lowest BCUT2D eigenvalue weighted by atomic mass is 10.1. The number of carboxylic acid groups (broad SMARTS) is 1. The van der Waals surface area contributed by atoms with Gasteiger partial charge in [0.05, 0.1) is 5.56 Å². The Morgan fingerprint density at radius 1 is 1.23 bits per heavy atom. The van der Waals surface area contributed by atoms with Gasteiger partial charge in [0.1, 0.15) is 0 Å². The normalized spacial score (nSPS) is 14.5. The fourth-order valence-corrected chi connectivity index (χ4v) is 3.24. The summed E-state index contributed by atoms with van der Waals surface area (Å²) < 4.78 is 5.27. The van der Waals surface area contributed by atoms with Crippen LogP contribution in [-0.2, 0) is 17.8 Å². The summed E-state index contributed by atoms with van der Waals surface area (Å²) in [5.74, 6) is 0.710. The number of hydrogen-bond donors (Lipinski definition) is 1. The van der Waals surface area contributed by atoms with E-state index in [-0.39, 0.29) is 11.5 Å². The first-order valence-corrected chi connectivity index (χ1v) is 8.91. The van der Waals surface area contributed by atoms with Crippen LogP contribution in [-0.4, -0.2) is 39.1 Å². The van der Waals surface area contributed by atoms with E-state index >= 15 is 0 Å². The third kappa shape index (κ3) is 4.47. The minimum absolute atomic E-state index is 0.0204. The largest absolute Gasteiger partial charge is 0.478 e. The second-order valence-corrected chi connectivity index (χ2v) is 6.78. The highest BCUT2D eigenvalue weighted by molar-refractivity contribution is 5.87. The van der Waals surface area contributed by atoms with Gasteiger partial charge in [-0.3, -0.25) is 4.79 Å². The summed E-state index contributed by atoms with van der Waals surface area (Å²) in [6.07, 6.45) is 5.38. The fourth-order valence-electron chi connectivity index (χ4n) is 3.24. The van der Waals surface area contributed by atoms with E-state index in [1.165, 1.54) is 12.8 Å². The molecule has 7 nitrogen and oxygen atoms in total. The molecule has 2 aromatic rings. The number of aromatic nitrogens is 2. The predicted octanol–water partition coefficient (Wildman–Crippen LogP) is 3.02. The van der Waals surface area contributed by atoms with Crippen molar-refractivity contribution in [3.05, 3.63) is 47.1 Å². The van der Waals surface area contributed by atoms with Gasteiger partial charge in [0.15, 0.2) is 5.82 Å². The van der Waals surface area contributed by atoms with Gasteiger partial charge in [-0.1, -0.05) is 30.1 Å². The molecular weight excluding hydrogens is 334 g/mol. The van der Waals surface area contributed by atoms with Gasteiger partial charge in [-0.25, -0.2) is 4.79 Å². The molecule has 138 valence electrons. The molecule has 3 rings (SSSR count). The first-order chi connectivity index (χ1) is 12.5. The van der Waals surface area contributed by atoms with Gasteiger partial charge >= 0.3 is 5.97 Å². The van der Waals surface area contributed by atoms with Gasteiger partial charge in [0, 0.05) is 32.4 Å². The molecule has 0 saturated heterocycles. The van der Waals surface area contributed by atoms with Crippen molar-refractivity contribution in [2.75, 3.05) is 7.05 Å². The number of aromatic carboxylic acids is 1. The Hall–Kier alpha value is -2.70.